The Morgan fingerprint density at radius 3 is 1.96 bits per heavy atom. The lowest BCUT2D eigenvalue weighted by Gasteiger charge is -2.14. The van der Waals surface area contributed by atoms with E-state index in [4.69, 9.17) is 14.2 Å². The van der Waals surface area contributed by atoms with Crippen molar-refractivity contribution in [2.45, 2.75) is 25.6 Å². The molecule has 0 saturated carbocycles. The largest absolute Gasteiger partial charge is 0.493 e. The zero-order chi connectivity index (χ0) is 20.7. The molecule has 0 unspecified atom stereocenters. The Kier molecular flexibility index (Phi) is 7.14. The van der Waals surface area contributed by atoms with Crippen LogP contribution in [-0.4, -0.2) is 27.2 Å². The van der Waals surface area contributed by atoms with E-state index in [1.165, 1.54) is 33.5 Å². The molecular formula is C20H22F3NO4. The van der Waals surface area contributed by atoms with E-state index in [0.29, 0.717) is 29.2 Å². The first-order valence-electron chi connectivity index (χ1n) is 8.50. The van der Waals surface area contributed by atoms with Crippen LogP contribution < -0.4 is 19.5 Å². The van der Waals surface area contributed by atoms with Gasteiger partial charge in [0.25, 0.3) is 0 Å². The van der Waals surface area contributed by atoms with Crippen LogP contribution in [0.15, 0.2) is 36.4 Å². The number of carbonyl (C=O) groups excluding carboxylic acids is 1. The van der Waals surface area contributed by atoms with Crippen molar-refractivity contribution in [3.8, 4) is 17.2 Å². The summed E-state index contributed by atoms with van der Waals surface area (Å²) >= 11 is 0. The number of halogens is 3. The van der Waals surface area contributed by atoms with Crippen molar-refractivity contribution in [3.63, 3.8) is 0 Å². The quantitative estimate of drug-likeness (QED) is 0.732. The number of hydrogen-bond acceptors (Lipinski definition) is 4. The molecule has 1 amide bonds. The number of amides is 1. The number of nitrogens with one attached hydrogen (secondary N) is 1. The average molecular weight is 397 g/mol. The molecule has 0 saturated heterocycles. The molecule has 8 heteroatoms. The highest BCUT2D eigenvalue weighted by Gasteiger charge is 2.29. The first-order valence-corrected chi connectivity index (χ1v) is 8.50. The van der Waals surface area contributed by atoms with Gasteiger partial charge >= 0.3 is 6.18 Å². The minimum absolute atomic E-state index is 0.162. The SMILES string of the molecule is COc1cc(CNC(=O)CCc2ccc(C(F)(F)F)cc2)cc(OC)c1OC. The van der Waals surface area contributed by atoms with Crippen molar-refractivity contribution in [2.24, 2.45) is 0 Å². The summed E-state index contributed by atoms with van der Waals surface area (Å²) in [6.45, 7) is 0.253. The van der Waals surface area contributed by atoms with Crippen molar-refractivity contribution in [1.29, 1.82) is 0 Å². The lowest BCUT2D eigenvalue weighted by Crippen LogP contribution is -2.23. The maximum atomic E-state index is 12.6. The first-order chi connectivity index (χ1) is 13.3. The maximum absolute atomic E-state index is 12.6. The van der Waals surface area contributed by atoms with Gasteiger partial charge in [0.05, 0.1) is 26.9 Å². The van der Waals surface area contributed by atoms with Crippen LogP contribution >= 0.6 is 0 Å². The van der Waals surface area contributed by atoms with E-state index in [-0.39, 0.29) is 18.9 Å². The summed E-state index contributed by atoms with van der Waals surface area (Å²) in [6.07, 6.45) is -3.86. The van der Waals surface area contributed by atoms with Crippen LogP contribution in [-0.2, 0) is 23.9 Å². The summed E-state index contributed by atoms with van der Waals surface area (Å²) < 4.78 is 53.5. The zero-order valence-electron chi connectivity index (χ0n) is 15.9. The number of rotatable bonds is 8. The smallest absolute Gasteiger partial charge is 0.416 e. The summed E-state index contributed by atoms with van der Waals surface area (Å²) in [7, 11) is 4.51. The second-order valence-electron chi connectivity index (χ2n) is 6.01. The normalized spacial score (nSPS) is 11.1. The van der Waals surface area contributed by atoms with Gasteiger partial charge in [-0.25, -0.2) is 0 Å². The lowest BCUT2D eigenvalue weighted by molar-refractivity contribution is -0.137. The molecule has 1 N–H and O–H groups in total. The topological polar surface area (TPSA) is 56.8 Å². The van der Waals surface area contributed by atoms with E-state index < -0.39 is 11.7 Å². The molecule has 0 heterocycles. The monoisotopic (exact) mass is 397 g/mol. The third-order valence-electron chi connectivity index (χ3n) is 4.14. The molecule has 0 spiro atoms. The van der Waals surface area contributed by atoms with Gasteiger partial charge in [0.1, 0.15) is 0 Å². The molecule has 0 atom stereocenters. The van der Waals surface area contributed by atoms with Crippen molar-refractivity contribution >= 4 is 5.91 Å². The molecule has 5 nitrogen and oxygen atoms in total. The number of carbonyl (C=O) groups is 1. The van der Waals surface area contributed by atoms with Gasteiger partial charge in [-0.05, 0) is 41.8 Å². The Labute approximate surface area is 161 Å². The van der Waals surface area contributed by atoms with Gasteiger partial charge in [-0.2, -0.15) is 13.2 Å². The summed E-state index contributed by atoms with van der Waals surface area (Å²) in [5.74, 6) is 1.21. The second-order valence-corrected chi connectivity index (χ2v) is 6.01. The molecule has 0 aromatic heterocycles. The predicted molar refractivity (Wildman–Crippen MR) is 97.7 cm³/mol. The number of hydrogen-bond donors (Lipinski definition) is 1. The Morgan fingerprint density at radius 1 is 0.929 bits per heavy atom. The van der Waals surface area contributed by atoms with Gasteiger partial charge in [-0.15, -0.1) is 0 Å². The fourth-order valence-corrected chi connectivity index (χ4v) is 2.64. The van der Waals surface area contributed by atoms with Crippen LogP contribution in [0.5, 0.6) is 17.2 Å². The Bertz CT molecular complexity index is 779. The third-order valence-corrected chi connectivity index (χ3v) is 4.14. The van der Waals surface area contributed by atoms with Crippen LogP contribution in [0.3, 0.4) is 0 Å². The second kappa shape index (κ2) is 9.34. The molecule has 0 fully saturated rings. The van der Waals surface area contributed by atoms with E-state index in [9.17, 15) is 18.0 Å². The molecule has 0 radical (unpaired) electrons. The van der Waals surface area contributed by atoms with Gasteiger partial charge in [0, 0.05) is 13.0 Å². The molecule has 2 aromatic rings. The van der Waals surface area contributed by atoms with Crippen LogP contribution in [0, 0.1) is 0 Å². The summed E-state index contributed by atoms with van der Waals surface area (Å²) in [5, 5.41) is 2.77. The number of benzene rings is 2. The van der Waals surface area contributed by atoms with E-state index in [2.05, 4.69) is 5.32 Å². The Hall–Kier alpha value is -2.90. The van der Waals surface area contributed by atoms with Crippen LogP contribution in [0.1, 0.15) is 23.1 Å². The summed E-state index contributed by atoms with van der Waals surface area (Å²) in [6, 6.07) is 8.27. The van der Waals surface area contributed by atoms with Crippen molar-refractivity contribution in [2.75, 3.05) is 21.3 Å². The molecule has 2 rings (SSSR count). The van der Waals surface area contributed by atoms with Crippen LogP contribution in [0.4, 0.5) is 13.2 Å². The fourth-order valence-electron chi connectivity index (χ4n) is 2.64. The number of alkyl halides is 3. The minimum Gasteiger partial charge on any atom is -0.493 e. The van der Waals surface area contributed by atoms with Gasteiger partial charge in [-0.1, -0.05) is 12.1 Å². The van der Waals surface area contributed by atoms with Crippen LogP contribution in [0.2, 0.25) is 0 Å². The molecule has 28 heavy (non-hydrogen) atoms. The number of ether oxygens (including phenoxy) is 3. The lowest BCUT2D eigenvalue weighted by atomic mass is 10.1. The molecular weight excluding hydrogens is 375 g/mol. The van der Waals surface area contributed by atoms with E-state index in [1.54, 1.807) is 12.1 Å². The van der Waals surface area contributed by atoms with Gasteiger partial charge < -0.3 is 19.5 Å². The van der Waals surface area contributed by atoms with Crippen LogP contribution in [0.25, 0.3) is 0 Å². The van der Waals surface area contributed by atoms with Gasteiger partial charge in [0.15, 0.2) is 11.5 Å². The van der Waals surface area contributed by atoms with Crippen molar-refractivity contribution in [3.05, 3.63) is 53.1 Å². The van der Waals surface area contributed by atoms with Gasteiger partial charge in [-0.3, -0.25) is 4.79 Å². The van der Waals surface area contributed by atoms with E-state index >= 15 is 0 Å². The average Bonchev–Trinajstić information content (AvgIpc) is 2.69. The summed E-state index contributed by atoms with van der Waals surface area (Å²) in [4.78, 5) is 12.1. The number of aryl methyl sites for hydroxylation is 1. The highest BCUT2D eigenvalue weighted by molar-refractivity contribution is 5.76. The predicted octanol–water partition coefficient (Wildman–Crippen LogP) is 3.98. The number of methoxy groups -OCH3 is 3. The Balaban J connectivity index is 1.92. The first kappa shape index (κ1) is 21.4. The Morgan fingerprint density at radius 2 is 1.50 bits per heavy atom. The van der Waals surface area contributed by atoms with E-state index in [1.807, 2.05) is 0 Å². The minimum atomic E-state index is -4.36. The molecule has 2 aromatic carbocycles. The molecule has 0 bridgehead atoms. The maximum Gasteiger partial charge on any atom is 0.416 e. The highest BCUT2D eigenvalue weighted by Crippen LogP contribution is 2.38. The third kappa shape index (κ3) is 5.55. The zero-order valence-corrected chi connectivity index (χ0v) is 15.9. The van der Waals surface area contributed by atoms with Crippen molar-refractivity contribution < 1.29 is 32.2 Å². The molecule has 152 valence electrons. The van der Waals surface area contributed by atoms with Gasteiger partial charge in [0.2, 0.25) is 11.7 Å². The van der Waals surface area contributed by atoms with Crippen molar-refractivity contribution in [1.82, 2.24) is 5.32 Å². The summed E-state index contributed by atoms with van der Waals surface area (Å²) in [5.41, 5.74) is 0.719. The molecule has 0 aliphatic heterocycles. The standard InChI is InChI=1S/C20H22F3NO4/c1-26-16-10-14(11-17(27-2)19(16)28-3)12-24-18(25)9-6-13-4-7-15(8-5-13)20(21,22)23/h4-5,7-8,10-11H,6,9,12H2,1-3H3,(H,24,25). The highest BCUT2D eigenvalue weighted by atomic mass is 19.4. The molecule has 0 aliphatic carbocycles. The fraction of sp³-hybridized carbons (Fsp3) is 0.350. The molecule has 0 aliphatic rings. The van der Waals surface area contributed by atoms with E-state index in [0.717, 1.165) is 17.7 Å².